The lowest BCUT2D eigenvalue weighted by Gasteiger charge is -2.06. The third-order valence-electron chi connectivity index (χ3n) is 2.29. The second kappa shape index (κ2) is 5.94. The van der Waals surface area contributed by atoms with E-state index in [0.29, 0.717) is 13.2 Å². The van der Waals surface area contributed by atoms with E-state index in [9.17, 15) is 8.42 Å². The monoisotopic (exact) mass is 364 g/mol. The smallest absolute Gasteiger partial charge is 0.264 e. The van der Waals surface area contributed by atoms with Gasteiger partial charge in [-0.1, -0.05) is 15.9 Å². The van der Waals surface area contributed by atoms with Crippen LogP contribution in [0.3, 0.4) is 0 Å². The predicted octanol–water partition coefficient (Wildman–Crippen LogP) is 2.65. The van der Waals surface area contributed by atoms with Crippen molar-refractivity contribution in [1.29, 1.82) is 0 Å². The molecule has 0 aliphatic rings. The molecule has 5 nitrogen and oxygen atoms in total. The maximum absolute atomic E-state index is 11.0. The van der Waals surface area contributed by atoms with Gasteiger partial charge in [-0.3, -0.25) is 4.68 Å². The summed E-state index contributed by atoms with van der Waals surface area (Å²) in [6.45, 7) is 0.813. The Kier molecular flexibility index (Phi) is 4.49. The number of rotatable bonds is 5. The summed E-state index contributed by atoms with van der Waals surface area (Å²) in [4.78, 5) is -0.0159. The van der Waals surface area contributed by atoms with E-state index in [1.54, 1.807) is 0 Å². The maximum Gasteiger partial charge on any atom is 0.264 e. The summed E-state index contributed by atoms with van der Waals surface area (Å²) in [6.07, 6.45) is 2.58. The zero-order chi connectivity index (χ0) is 13.9. The molecule has 0 spiro atoms. The fraction of sp³-hybridized carbons (Fsp3) is 0.182. The minimum Gasteiger partial charge on any atom is -0.492 e. The highest BCUT2D eigenvalue weighted by Gasteiger charge is 2.12. The second-order valence-corrected chi connectivity index (χ2v) is 7.16. The van der Waals surface area contributed by atoms with Gasteiger partial charge in [0.25, 0.3) is 9.05 Å². The highest BCUT2D eigenvalue weighted by molar-refractivity contribution is 9.10. The van der Waals surface area contributed by atoms with Gasteiger partial charge in [-0.05, 0) is 24.3 Å². The van der Waals surface area contributed by atoms with Crippen molar-refractivity contribution in [2.45, 2.75) is 11.4 Å². The van der Waals surface area contributed by atoms with Gasteiger partial charge in [0.05, 0.1) is 12.7 Å². The molecule has 1 aromatic heterocycles. The molecule has 0 radical (unpaired) electrons. The standard InChI is InChI=1S/C11H10BrClN2O3S/c12-9-1-3-10(4-2-9)18-6-5-15-8-11(7-14-15)19(13,16)17/h1-4,7-8H,5-6H2. The molecular weight excluding hydrogens is 356 g/mol. The minimum atomic E-state index is -3.72. The van der Waals surface area contributed by atoms with E-state index in [2.05, 4.69) is 21.0 Å². The molecule has 0 bridgehead atoms. The Bertz CT molecular complexity index is 655. The third kappa shape index (κ3) is 4.22. The average molecular weight is 366 g/mol. The van der Waals surface area contributed by atoms with Crippen LogP contribution in [0.5, 0.6) is 5.75 Å². The molecule has 0 aliphatic heterocycles. The highest BCUT2D eigenvalue weighted by Crippen LogP contribution is 2.16. The Morgan fingerprint density at radius 3 is 2.58 bits per heavy atom. The summed E-state index contributed by atoms with van der Waals surface area (Å²) in [6, 6.07) is 7.42. The highest BCUT2D eigenvalue weighted by atomic mass is 79.9. The molecule has 102 valence electrons. The maximum atomic E-state index is 11.0. The van der Waals surface area contributed by atoms with Crippen molar-refractivity contribution in [3.05, 3.63) is 41.1 Å². The summed E-state index contributed by atoms with van der Waals surface area (Å²) in [5.41, 5.74) is 0. The van der Waals surface area contributed by atoms with Crippen molar-refractivity contribution in [1.82, 2.24) is 9.78 Å². The van der Waals surface area contributed by atoms with E-state index >= 15 is 0 Å². The van der Waals surface area contributed by atoms with Crippen LogP contribution in [0.25, 0.3) is 0 Å². The van der Waals surface area contributed by atoms with Crippen LogP contribution in [0, 0.1) is 0 Å². The Morgan fingerprint density at radius 1 is 1.32 bits per heavy atom. The number of aromatic nitrogens is 2. The van der Waals surface area contributed by atoms with E-state index in [-0.39, 0.29) is 4.90 Å². The van der Waals surface area contributed by atoms with Gasteiger partial charge in [0.1, 0.15) is 17.3 Å². The molecule has 0 unspecified atom stereocenters. The fourth-order valence-electron chi connectivity index (χ4n) is 1.38. The van der Waals surface area contributed by atoms with E-state index < -0.39 is 9.05 Å². The largest absolute Gasteiger partial charge is 0.492 e. The summed E-state index contributed by atoms with van der Waals surface area (Å²) in [5, 5.41) is 3.89. The van der Waals surface area contributed by atoms with E-state index in [1.807, 2.05) is 24.3 Å². The molecule has 19 heavy (non-hydrogen) atoms. The molecule has 0 saturated heterocycles. The van der Waals surface area contributed by atoms with Crippen molar-refractivity contribution in [3.63, 3.8) is 0 Å². The lowest BCUT2D eigenvalue weighted by Crippen LogP contribution is -2.08. The molecule has 0 aliphatic carbocycles. The Labute approximate surface area is 123 Å². The van der Waals surface area contributed by atoms with Crippen molar-refractivity contribution < 1.29 is 13.2 Å². The quantitative estimate of drug-likeness (QED) is 0.764. The average Bonchev–Trinajstić information content (AvgIpc) is 2.80. The molecule has 2 aromatic rings. The SMILES string of the molecule is O=S(=O)(Cl)c1cnn(CCOc2ccc(Br)cc2)c1. The van der Waals surface area contributed by atoms with Gasteiger partial charge in [-0.15, -0.1) is 0 Å². The first kappa shape index (κ1) is 14.4. The zero-order valence-electron chi connectivity index (χ0n) is 9.66. The van der Waals surface area contributed by atoms with Crippen LogP contribution in [0.1, 0.15) is 0 Å². The Morgan fingerprint density at radius 2 is 2.00 bits per heavy atom. The lowest BCUT2D eigenvalue weighted by atomic mass is 10.3. The Balaban J connectivity index is 1.89. The fourth-order valence-corrected chi connectivity index (χ4v) is 2.30. The summed E-state index contributed by atoms with van der Waals surface area (Å²) >= 11 is 3.33. The molecule has 0 amide bonds. The first-order valence-corrected chi connectivity index (χ1v) is 8.41. The molecule has 0 fully saturated rings. The topological polar surface area (TPSA) is 61.2 Å². The molecular formula is C11H10BrClN2O3S. The number of nitrogens with zero attached hydrogens (tertiary/aromatic N) is 2. The molecule has 1 aromatic carbocycles. The van der Waals surface area contributed by atoms with Crippen LogP contribution in [0.2, 0.25) is 0 Å². The molecule has 1 heterocycles. The van der Waals surface area contributed by atoms with Crippen molar-refractivity contribution in [2.24, 2.45) is 0 Å². The van der Waals surface area contributed by atoms with Gasteiger partial charge in [0, 0.05) is 21.4 Å². The number of benzene rings is 1. The van der Waals surface area contributed by atoms with Crippen molar-refractivity contribution >= 4 is 35.7 Å². The van der Waals surface area contributed by atoms with E-state index in [1.165, 1.54) is 17.1 Å². The molecule has 0 atom stereocenters. The van der Waals surface area contributed by atoms with E-state index in [0.717, 1.165) is 10.2 Å². The summed E-state index contributed by atoms with van der Waals surface area (Å²) < 4.78 is 30.0. The summed E-state index contributed by atoms with van der Waals surface area (Å²) in [5.74, 6) is 0.737. The number of halogens is 2. The van der Waals surface area contributed by atoms with Crippen molar-refractivity contribution in [3.8, 4) is 5.75 Å². The summed E-state index contributed by atoms with van der Waals surface area (Å²) in [7, 11) is 1.48. The van der Waals surface area contributed by atoms with Gasteiger partial charge in [-0.2, -0.15) is 5.10 Å². The molecule has 8 heteroatoms. The van der Waals surface area contributed by atoms with Crippen LogP contribution in [0.15, 0.2) is 46.0 Å². The van der Waals surface area contributed by atoms with Gasteiger partial charge < -0.3 is 4.74 Å². The Hall–Kier alpha value is -1.05. The number of ether oxygens (including phenoxy) is 1. The normalized spacial score (nSPS) is 11.5. The van der Waals surface area contributed by atoms with Gasteiger partial charge in [0.15, 0.2) is 0 Å². The number of hydrogen-bond acceptors (Lipinski definition) is 4. The number of hydrogen-bond donors (Lipinski definition) is 0. The molecule has 0 saturated carbocycles. The van der Waals surface area contributed by atoms with Crippen LogP contribution in [-0.4, -0.2) is 24.8 Å². The van der Waals surface area contributed by atoms with Gasteiger partial charge in [0.2, 0.25) is 0 Å². The van der Waals surface area contributed by atoms with Crippen LogP contribution >= 0.6 is 26.6 Å². The molecule has 2 rings (SSSR count). The van der Waals surface area contributed by atoms with Gasteiger partial charge in [-0.25, -0.2) is 8.42 Å². The van der Waals surface area contributed by atoms with Crippen LogP contribution in [-0.2, 0) is 15.6 Å². The molecule has 0 N–H and O–H groups in total. The zero-order valence-corrected chi connectivity index (χ0v) is 12.8. The predicted molar refractivity (Wildman–Crippen MR) is 74.9 cm³/mol. The van der Waals surface area contributed by atoms with Crippen LogP contribution in [0.4, 0.5) is 0 Å². The first-order chi connectivity index (χ1) is 8.95. The minimum absolute atomic E-state index is 0.0159. The third-order valence-corrected chi connectivity index (χ3v) is 4.13. The van der Waals surface area contributed by atoms with Crippen LogP contribution < -0.4 is 4.74 Å². The first-order valence-electron chi connectivity index (χ1n) is 5.30. The second-order valence-electron chi connectivity index (χ2n) is 3.68. The van der Waals surface area contributed by atoms with E-state index in [4.69, 9.17) is 15.4 Å². The lowest BCUT2D eigenvalue weighted by molar-refractivity contribution is 0.291. The van der Waals surface area contributed by atoms with Gasteiger partial charge >= 0.3 is 0 Å². The van der Waals surface area contributed by atoms with Crippen molar-refractivity contribution in [2.75, 3.05) is 6.61 Å².